The zero-order valence-corrected chi connectivity index (χ0v) is 16.8. The fraction of sp³-hybridized carbons (Fsp3) is 0.762. The van der Waals surface area contributed by atoms with Crippen molar-refractivity contribution in [3.63, 3.8) is 0 Å². The number of carbonyl (C=O) groups excluding carboxylic acids is 1. The molecule has 3 aliphatic carbocycles. The van der Waals surface area contributed by atoms with Gasteiger partial charge in [0, 0.05) is 47.1 Å². The molecule has 150 valence electrons. The average Bonchev–Trinajstić information content (AvgIpc) is 3.21. The highest BCUT2D eigenvalue weighted by Crippen LogP contribution is 2.44. The number of hydrogen-bond acceptors (Lipinski definition) is 3. The van der Waals surface area contributed by atoms with E-state index in [1.165, 1.54) is 30.6 Å². The molecule has 0 unspecified atom stereocenters. The van der Waals surface area contributed by atoms with Crippen LogP contribution in [-0.2, 0) is 0 Å². The van der Waals surface area contributed by atoms with Gasteiger partial charge in [-0.1, -0.05) is 6.92 Å². The largest absolute Gasteiger partial charge is 0.349 e. The van der Waals surface area contributed by atoms with E-state index in [9.17, 15) is 13.6 Å². The van der Waals surface area contributed by atoms with Crippen molar-refractivity contribution in [2.75, 3.05) is 0 Å². The first-order valence-electron chi connectivity index (χ1n) is 10.4. The number of amides is 1. The zero-order valence-electron chi connectivity index (χ0n) is 16.0. The van der Waals surface area contributed by atoms with E-state index in [1.807, 2.05) is 11.4 Å². The fourth-order valence-electron chi connectivity index (χ4n) is 4.54. The van der Waals surface area contributed by atoms with Gasteiger partial charge in [0.2, 0.25) is 5.92 Å². The Hall–Kier alpha value is -1.01. The van der Waals surface area contributed by atoms with Crippen LogP contribution in [0.2, 0.25) is 0 Å². The predicted octanol–water partition coefficient (Wildman–Crippen LogP) is 5.08. The lowest BCUT2D eigenvalue weighted by molar-refractivity contribution is -0.0399. The molecule has 0 bridgehead atoms. The second kappa shape index (κ2) is 7.78. The lowest BCUT2D eigenvalue weighted by Gasteiger charge is -2.28. The third kappa shape index (κ3) is 4.89. The highest BCUT2D eigenvalue weighted by molar-refractivity contribution is 7.10. The molecule has 4 rings (SSSR count). The molecule has 1 amide bonds. The van der Waals surface area contributed by atoms with E-state index in [1.54, 1.807) is 11.3 Å². The Kier molecular flexibility index (Phi) is 5.57. The van der Waals surface area contributed by atoms with E-state index < -0.39 is 5.92 Å². The maximum atomic E-state index is 13.2. The van der Waals surface area contributed by atoms with Gasteiger partial charge in [0.05, 0.1) is 5.56 Å². The maximum absolute atomic E-state index is 13.2. The molecule has 3 nitrogen and oxygen atoms in total. The summed E-state index contributed by atoms with van der Waals surface area (Å²) in [6.45, 7) is 2.34. The molecule has 2 atom stereocenters. The van der Waals surface area contributed by atoms with Crippen LogP contribution in [0.3, 0.4) is 0 Å². The van der Waals surface area contributed by atoms with Crippen LogP contribution in [0.25, 0.3) is 0 Å². The van der Waals surface area contributed by atoms with Gasteiger partial charge in [-0.2, -0.15) is 0 Å². The van der Waals surface area contributed by atoms with Crippen molar-refractivity contribution in [3.05, 3.63) is 21.9 Å². The predicted molar refractivity (Wildman–Crippen MR) is 105 cm³/mol. The van der Waals surface area contributed by atoms with E-state index in [2.05, 4.69) is 17.6 Å². The molecule has 0 spiro atoms. The lowest BCUT2D eigenvalue weighted by Crippen LogP contribution is -2.40. The fourth-order valence-corrected chi connectivity index (χ4v) is 5.61. The Morgan fingerprint density at radius 1 is 1.11 bits per heavy atom. The van der Waals surface area contributed by atoms with Crippen LogP contribution < -0.4 is 10.6 Å². The summed E-state index contributed by atoms with van der Waals surface area (Å²) in [6, 6.07) is 3.10. The molecular weight excluding hydrogens is 366 g/mol. The zero-order chi connectivity index (χ0) is 19.0. The van der Waals surface area contributed by atoms with Gasteiger partial charge in [-0.3, -0.25) is 4.79 Å². The van der Waals surface area contributed by atoms with Gasteiger partial charge in [0.25, 0.3) is 5.91 Å². The number of rotatable bonds is 5. The minimum atomic E-state index is -2.55. The summed E-state index contributed by atoms with van der Waals surface area (Å²) in [5.74, 6) is -1.27. The molecule has 3 aliphatic rings. The van der Waals surface area contributed by atoms with Crippen LogP contribution in [0.1, 0.15) is 85.9 Å². The molecule has 0 saturated heterocycles. The van der Waals surface area contributed by atoms with Crippen molar-refractivity contribution in [3.8, 4) is 0 Å². The molecule has 3 fully saturated rings. The van der Waals surface area contributed by atoms with Gasteiger partial charge in [-0.15, -0.1) is 11.3 Å². The van der Waals surface area contributed by atoms with E-state index in [0.29, 0.717) is 36.4 Å². The summed E-state index contributed by atoms with van der Waals surface area (Å²) < 4.78 is 26.5. The number of nitrogens with one attached hydrogen (secondary N) is 2. The molecule has 6 heteroatoms. The van der Waals surface area contributed by atoms with Crippen LogP contribution in [0.4, 0.5) is 8.78 Å². The molecule has 27 heavy (non-hydrogen) atoms. The van der Waals surface area contributed by atoms with Crippen molar-refractivity contribution in [1.82, 2.24) is 10.6 Å². The molecule has 1 aromatic heterocycles. The molecule has 3 saturated carbocycles. The van der Waals surface area contributed by atoms with Crippen LogP contribution in [-0.4, -0.2) is 30.0 Å². The van der Waals surface area contributed by atoms with Gasteiger partial charge >= 0.3 is 0 Å². The molecule has 0 aromatic carbocycles. The van der Waals surface area contributed by atoms with Crippen LogP contribution in [0, 0.1) is 5.92 Å². The molecular formula is C21H30F2N2OS. The second-order valence-corrected chi connectivity index (χ2v) is 9.86. The van der Waals surface area contributed by atoms with E-state index in [0.717, 1.165) is 12.3 Å². The van der Waals surface area contributed by atoms with Gasteiger partial charge in [0.1, 0.15) is 0 Å². The summed E-state index contributed by atoms with van der Waals surface area (Å²) >= 11 is 1.66. The Balaban J connectivity index is 1.25. The number of alkyl halides is 2. The van der Waals surface area contributed by atoms with Gasteiger partial charge in [-0.25, -0.2) is 8.78 Å². The summed E-state index contributed by atoms with van der Waals surface area (Å²) in [7, 11) is 0. The van der Waals surface area contributed by atoms with E-state index in [4.69, 9.17) is 0 Å². The first kappa shape index (κ1) is 19.3. The minimum Gasteiger partial charge on any atom is -0.349 e. The SMILES string of the molecule is CC1CCC(N[C@@H]2C[C@H]2c2cc(C(=O)NC3CCC(F)(F)CC3)cs2)CC1. The topological polar surface area (TPSA) is 41.1 Å². The lowest BCUT2D eigenvalue weighted by atomic mass is 9.87. The summed E-state index contributed by atoms with van der Waals surface area (Å²) in [6.07, 6.45) is 6.85. The summed E-state index contributed by atoms with van der Waals surface area (Å²) in [5, 5.41) is 8.67. The van der Waals surface area contributed by atoms with Gasteiger partial charge < -0.3 is 10.6 Å². The van der Waals surface area contributed by atoms with Crippen LogP contribution in [0.5, 0.6) is 0 Å². The minimum absolute atomic E-state index is 0.112. The quantitative estimate of drug-likeness (QED) is 0.729. The standard InChI is InChI=1S/C21H30F2N2OS/c1-13-2-4-15(5-3-13)24-18-11-17(18)19-10-14(12-27-19)20(26)25-16-6-8-21(22,23)9-7-16/h10,12-13,15-18,24H,2-9,11H2,1H3,(H,25,26)/t13?,15?,17-,18-/m1/s1. The molecule has 1 heterocycles. The van der Waals surface area contributed by atoms with E-state index >= 15 is 0 Å². The first-order valence-corrected chi connectivity index (χ1v) is 11.3. The Labute approximate surface area is 164 Å². The number of carbonyl (C=O) groups is 1. The Morgan fingerprint density at radius 2 is 1.81 bits per heavy atom. The molecule has 2 N–H and O–H groups in total. The highest BCUT2D eigenvalue weighted by Gasteiger charge is 2.41. The number of hydrogen-bond donors (Lipinski definition) is 2. The van der Waals surface area contributed by atoms with Crippen LogP contribution in [0.15, 0.2) is 11.4 Å². The van der Waals surface area contributed by atoms with Gasteiger partial charge in [-0.05, 0) is 56.9 Å². The molecule has 0 aliphatic heterocycles. The van der Waals surface area contributed by atoms with Crippen molar-refractivity contribution in [2.24, 2.45) is 5.92 Å². The highest BCUT2D eigenvalue weighted by atomic mass is 32.1. The van der Waals surface area contributed by atoms with E-state index in [-0.39, 0.29) is 24.8 Å². The third-order valence-corrected chi connectivity index (χ3v) is 7.62. The maximum Gasteiger partial charge on any atom is 0.252 e. The van der Waals surface area contributed by atoms with Crippen molar-refractivity contribution in [1.29, 1.82) is 0 Å². The number of thiophene rings is 1. The average molecular weight is 397 g/mol. The first-order chi connectivity index (χ1) is 12.9. The summed E-state index contributed by atoms with van der Waals surface area (Å²) in [4.78, 5) is 13.7. The monoisotopic (exact) mass is 396 g/mol. The summed E-state index contributed by atoms with van der Waals surface area (Å²) in [5.41, 5.74) is 0.685. The Morgan fingerprint density at radius 3 is 2.52 bits per heavy atom. The van der Waals surface area contributed by atoms with Crippen LogP contribution >= 0.6 is 11.3 Å². The number of halogens is 2. The smallest absolute Gasteiger partial charge is 0.252 e. The van der Waals surface area contributed by atoms with Crippen molar-refractivity contribution >= 4 is 17.2 Å². The van der Waals surface area contributed by atoms with Crippen molar-refractivity contribution < 1.29 is 13.6 Å². The normalized spacial score (nSPS) is 33.6. The van der Waals surface area contributed by atoms with Gasteiger partial charge in [0.15, 0.2) is 0 Å². The molecule has 0 radical (unpaired) electrons. The molecule has 1 aromatic rings. The third-order valence-electron chi connectivity index (χ3n) is 6.56. The van der Waals surface area contributed by atoms with Crippen molar-refractivity contribution in [2.45, 2.75) is 94.7 Å². The second-order valence-electron chi connectivity index (χ2n) is 8.91. The Bertz CT molecular complexity index is 659.